The van der Waals surface area contributed by atoms with Gasteiger partial charge in [0.1, 0.15) is 10.6 Å². The molecule has 0 N–H and O–H groups in total. The van der Waals surface area contributed by atoms with Crippen LogP contribution in [-0.2, 0) is 16.7 Å². The van der Waals surface area contributed by atoms with E-state index < -0.39 is 15.0 Å². The van der Waals surface area contributed by atoms with Gasteiger partial charge in [-0.15, -0.1) is 0 Å². The third-order valence-electron chi connectivity index (χ3n) is 4.30. The minimum absolute atomic E-state index is 0.0246. The van der Waals surface area contributed by atoms with E-state index >= 15 is 0 Å². The first kappa shape index (κ1) is 22.3. The lowest BCUT2D eigenvalue weighted by atomic mass is 10.1. The SMILES string of the molecule is CN(Cc1ccc(Cl)cc1)C(=O)c1ccc(OS(=O)(=O)c2cccc([N+](=O)[O-])c2)cc1. The quantitative estimate of drug-likeness (QED) is 0.296. The van der Waals surface area contributed by atoms with Crippen LogP contribution in [0.5, 0.6) is 5.75 Å². The lowest BCUT2D eigenvalue weighted by Gasteiger charge is -2.17. The van der Waals surface area contributed by atoms with Crippen molar-refractivity contribution in [3.63, 3.8) is 0 Å². The summed E-state index contributed by atoms with van der Waals surface area (Å²) in [4.78, 5) is 23.9. The van der Waals surface area contributed by atoms with Crippen LogP contribution in [0.25, 0.3) is 0 Å². The van der Waals surface area contributed by atoms with Gasteiger partial charge in [-0.2, -0.15) is 8.42 Å². The maximum Gasteiger partial charge on any atom is 0.339 e. The Morgan fingerprint density at radius 1 is 1.06 bits per heavy atom. The van der Waals surface area contributed by atoms with Crippen LogP contribution < -0.4 is 4.18 Å². The number of carbonyl (C=O) groups excluding carboxylic acids is 1. The molecule has 0 spiro atoms. The van der Waals surface area contributed by atoms with Gasteiger partial charge >= 0.3 is 10.1 Å². The Labute approximate surface area is 183 Å². The van der Waals surface area contributed by atoms with E-state index in [1.54, 1.807) is 19.2 Å². The van der Waals surface area contributed by atoms with Gasteiger partial charge in [-0.25, -0.2) is 0 Å². The lowest BCUT2D eigenvalue weighted by Crippen LogP contribution is -2.26. The Morgan fingerprint density at radius 3 is 2.32 bits per heavy atom. The van der Waals surface area contributed by atoms with Crippen LogP contribution >= 0.6 is 11.6 Å². The number of hydrogen-bond donors (Lipinski definition) is 0. The number of carbonyl (C=O) groups is 1. The highest BCUT2D eigenvalue weighted by Crippen LogP contribution is 2.23. The second-order valence-electron chi connectivity index (χ2n) is 6.60. The van der Waals surface area contributed by atoms with Crippen LogP contribution in [0, 0.1) is 10.1 Å². The van der Waals surface area contributed by atoms with Crippen molar-refractivity contribution in [3.8, 4) is 5.75 Å². The average molecular weight is 461 g/mol. The molecule has 0 fully saturated rings. The Morgan fingerprint density at radius 2 is 1.71 bits per heavy atom. The van der Waals surface area contributed by atoms with Crippen LogP contribution in [0.2, 0.25) is 5.02 Å². The van der Waals surface area contributed by atoms with E-state index in [2.05, 4.69) is 0 Å². The van der Waals surface area contributed by atoms with Crippen molar-refractivity contribution in [1.82, 2.24) is 4.90 Å². The van der Waals surface area contributed by atoms with Crippen molar-refractivity contribution in [1.29, 1.82) is 0 Å². The summed E-state index contributed by atoms with van der Waals surface area (Å²) in [6.45, 7) is 0.370. The zero-order valence-corrected chi connectivity index (χ0v) is 17.8. The number of rotatable bonds is 7. The first-order valence-electron chi connectivity index (χ1n) is 8.94. The van der Waals surface area contributed by atoms with Crippen molar-refractivity contribution in [3.05, 3.63) is 99.1 Å². The molecule has 0 saturated heterocycles. The highest BCUT2D eigenvalue weighted by atomic mass is 35.5. The molecule has 0 aliphatic carbocycles. The summed E-state index contributed by atoms with van der Waals surface area (Å²) < 4.78 is 29.8. The first-order valence-corrected chi connectivity index (χ1v) is 10.7. The zero-order chi connectivity index (χ0) is 22.6. The van der Waals surface area contributed by atoms with Crippen LogP contribution in [0.4, 0.5) is 5.69 Å². The van der Waals surface area contributed by atoms with E-state index in [9.17, 15) is 23.3 Å². The predicted molar refractivity (Wildman–Crippen MR) is 115 cm³/mol. The van der Waals surface area contributed by atoms with E-state index in [1.165, 1.54) is 47.4 Å². The van der Waals surface area contributed by atoms with Crippen LogP contribution in [0.3, 0.4) is 0 Å². The molecule has 160 valence electrons. The normalized spacial score (nSPS) is 11.0. The number of nitrogens with zero attached hydrogens (tertiary/aromatic N) is 2. The molecule has 0 aromatic heterocycles. The van der Waals surface area contributed by atoms with Crippen LogP contribution in [0.15, 0.2) is 77.7 Å². The van der Waals surface area contributed by atoms with Crippen molar-refractivity contribution >= 4 is 33.3 Å². The molecule has 8 nitrogen and oxygen atoms in total. The molecule has 0 heterocycles. The van der Waals surface area contributed by atoms with Gasteiger partial charge in [0.05, 0.1) is 4.92 Å². The molecule has 3 aromatic carbocycles. The summed E-state index contributed by atoms with van der Waals surface area (Å²) in [6.07, 6.45) is 0. The molecule has 10 heteroatoms. The number of amides is 1. The van der Waals surface area contributed by atoms with Gasteiger partial charge in [0.2, 0.25) is 0 Å². The molecule has 0 aliphatic rings. The third kappa shape index (κ3) is 5.59. The Kier molecular flexibility index (Phi) is 6.57. The van der Waals surface area contributed by atoms with Gasteiger partial charge in [0.15, 0.2) is 0 Å². The summed E-state index contributed by atoms with van der Waals surface area (Å²) in [7, 11) is -2.63. The number of hydrogen-bond acceptors (Lipinski definition) is 6. The highest BCUT2D eigenvalue weighted by Gasteiger charge is 2.20. The first-order chi connectivity index (χ1) is 14.7. The third-order valence-corrected chi connectivity index (χ3v) is 5.80. The maximum absolute atomic E-state index is 12.6. The molecule has 31 heavy (non-hydrogen) atoms. The molecule has 1 amide bonds. The molecule has 0 unspecified atom stereocenters. The minimum Gasteiger partial charge on any atom is -0.379 e. The van der Waals surface area contributed by atoms with E-state index in [-0.39, 0.29) is 22.2 Å². The molecular weight excluding hydrogens is 444 g/mol. The molecule has 0 aliphatic heterocycles. The topological polar surface area (TPSA) is 107 Å². The zero-order valence-electron chi connectivity index (χ0n) is 16.3. The van der Waals surface area contributed by atoms with Gasteiger partial charge in [0.25, 0.3) is 11.6 Å². The molecule has 3 rings (SSSR count). The smallest absolute Gasteiger partial charge is 0.339 e. The van der Waals surface area contributed by atoms with Crippen molar-refractivity contribution in [2.45, 2.75) is 11.4 Å². The minimum atomic E-state index is -4.27. The summed E-state index contributed by atoms with van der Waals surface area (Å²) in [5, 5.41) is 11.5. The molecular formula is C21H17ClN2O6S. The summed E-state index contributed by atoms with van der Waals surface area (Å²) >= 11 is 5.86. The molecule has 0 bridgehead atoms. The number of non-ortho nitro benzene ring substituents is 1. The molecule has 0 atom stereocenters. The highest BCUT2D eigenvalue weighted by molar-refractivity contribution is 7.87. The monoisotopic (exact) mass is 460 g/mol. The standard InChI is InChI=1S/C21H17ClN2O6S/c1-23(14-15-5-9-17(22)10-6-15)21(25)16-7-11-19(12-8-16)30-31(28,29)20-4-2-3-18(13-20)24(26)27/h2-13H,14H2,1H3. The summed E-state index contributed by atoms with van der Waals surface area (Å²) in [5.74, 6) is -0.286. The number of benzene rings is 3. The van der Waals surface area contributed by atoms with Gasteiger partial charge in [-0.1, -0.05) is 29.8 Å². The average Bonchev–Trinajstić information content (AvgIpc) is 2.75. The number of nitro groups is 1. The van der Waals surface area contributed by atoms with E-state index in [0.29, 0.717) is 17.1 Å². The van der Waals surface area contributed by atoms with E-state index in [1.807, 2.05) is 12.1 Å². The van der Waals surface area contributed by atoms with E-state index in [4.69, 9.17) is 15.8 Å². The Hall–Kier alpha value is -3.43. The molecule has 0 radical (unpaired) electrons. The molecule has 3 aromatic rings. The van der Waals surface area contributed by atoms with Gasteiger partial charge in [0, 0.05) is 36.3 Å². The fourth-order valence-corrected chi connectivity index (χ4v) is 3.83. The van der Waals surface area contributed by atoms with Crippen LogP contribution in [0.1, 0.15) is 15.9 Å². The summed E-state index contributed by atoms with van der Waals surface area (Å²) in [5.41, 5.74) is 0.883. The predicted octanol–water partition coefficient (Wildman–Crippen LogP) is 4.29. The van der Waals surface area contributed by atoms with Crippen molar-refractivity contribution in [2.24, 2.45) is 0 Å². The maximum atomic E-state index is 12.6. The lowest BCUT2D eigenvalue weighted by molar-refractivity contribution is -0.385. The number of halogens is 1. The Balaban J connectivity index is 1.70. The second-order valence-corrected chi connectivity index (χ2v) is 8.59. The van der Waals surface area contributed by atoms with Crippen molar-refractivity contribution in [2.75, 3.05) is 7.05 Å². The van der Waals surface area contributed by atoms with Crippen LogP contribution in [-0.4, -0.2) is 31.2 Å². The fraction of sp³-hybridized carbons (Fsp3) is 0.0952. The van der Waals surface area contributed by atoms with Gasteiger partial charge in [-0.05, 0) is 48.0 Å². The Bertz CT molecular complexity index is 1210. The van der Waals surface area contributed by atoms with E-state index in [0.717, 1.165) is 11.6 Å². The summed E-state index contributed by atoms with van der Waals surface area (Å²) in [6, 6.07) is 17.3. The van der Waals surface area contributed by atoms with Gasteiger partial charge in [-0.3, -0.25) is 14.9 Å². The molecule has 0 saturated carbocycles. The fourth-order valence-electron chi connectivity index (χ4n) is 2.74. The second kappa shape index (κ2) is 9.15. The van der Waals surface area contributed by atoms with Gasteiger partial charge < -0.3 is 9.08 Å². The number of nitro benzene ring substituents is 1. The van der Waals surface area contributed by atoms with Crippen molar-refractivity contribution < 1.29 is 22.3 Å². The largest absolute Gasteiger partial charge is 0.379 e.